The topological polar surface area (TPSA) is 59.8 Å². The van der Waals surface area contributed by atoms with E-state index in [1.54, 1.807) is 11.0 Å². The lowest BCUT2D eigenvalue weighted by atomic mass is 9.71. The molecule has 1 unspecified atom stereocenters. The minimum absolute atomic E-state index is 0.0315. The van der Waals surface area contributed by atoms with Gasteiger partial charge in [-0.1, -0.05) is 34.1 Å². The first-order valence-electron chi connectivity index (χ1n) is 7.03. The van der Waals surface area contributed by atoms with Gasteiger partial charge in [-0.2, -0.15) is 5.10 Å². The second kappa shape index (κ2) is 5.60. The number of carbonyl (C=O) groups is 1. The van der Waals surface area contributed by atoms with Crippen LogP contribution in [0.4, 0.5) is 0 Å². The number of hydrogen-bond donors (Lipinski definition) is 1. The summed E-state index contributed by atoms with van der Waals surface area (Å²) in [5, 5.41) is 7.25. The SMILES string of the molecule is CC(C(=O)NC1(c2ccccc2Br)CCC1)n1cncn1. The number of aromatic nitrogens is 3. The number of rotatable bonds is 4. The normalized spacial score (nSPS) is 17.8. The van der Waals surface area contributed by atoms with Gasteiger partial charge in [0.05, 0.1) is 5.54 Å². The number of nitrogens with zero attached hydrogens (tertiary/aromatic N) is 3. The maximum atomic E-state index is 12.5. The zero-order valence-electron chi connectivity index (χ0n) is 11.8. The third-order valence-electron chi connectivity index (χ3n) is 4.17. The summed E-state index contributed by atoms with van der Waals surface area (Å²) in [6.07, 6.45) is 6.06. The van der Waals surface area contributed by atoms with Crippen molar-refractivity contribution in [1.82, 2.24) is 20.1 Å². The van der Waals surface area contributed by atoms with Gasteiger partial charge >= 0.3 is 0 Å². The largest absolute Gasteiger partial charge is 0.345 e. The predicted molar refractivity (Wildman–Crippen MR) is 82.5 cm³/mol. The molecule has 0 spiro atoms. The van der Waals surface area contributed by atoms with Crippen LogP contribution in [-0.4, -0.2) is 20.7 Å². The molecule has 1 aromatic carbocycles. The predicted octanol–water partition coefficient (Wildman–Crippen LogP) is 2.80. The average molecular weight is 349 g/mol. The van der Waals surface area contributed by atoms with Crippen LogP contribution >= 0.6 is 15.9 Å². The van der Waals surface area contributed by atoms with Crippen molar-refractivity contribution in [3.63, 3.8) is 0 Å². The summed E-state index contributed by atoms with van der Waals surface area (Å²) < 4.78 is 2.61. The van der Waals surface area contributed by atoms with Gasteiger partial charge in [-0.15, -0.1) is 0 Å². The van der Waals surface area contributed by atoms with Crippen LogP contribution in [0.5, 0.6) is 0 Å². The van der Waals surface area contributed by atoms with Gasteiger partial charge in [-0.25, -0.2) is 9.67 Å². The lowest BCUT2D eigenvalue weighted by Gasteiger charge is -2.44. The van der Waals surface area contributed by atoms with Crippen molar-refractivity contribution in [2.45, 2.75) is 37.8 Å². The first kappa shape index (κ1) is 14.3. The highest BCUT2D eigenvalue weighted by Gasteiger charge is 2.42. The second-order valence-corrected chi connectivity index (χ2v) is 6.31. The minimum atomic E-state index is -0.368. The molecule has 1 aromatic heterocycles. The van der Waals surface area contributed by atoms with Crippen molar-refractivity contribution in [3.8, 4) is 0 Å². The Morgan fingerprint density at radius 2 is 2.19 bits per heavy atom. The molecule has 6 heteroatoms. The van der Waals surface area contributed by atoms with E-state index in [1.807, 2.05) is 25.1 Å². The monoisotopic (exact) mass is 348 g/mol. The Balaban J connectivity index is 1.82. The van der Waals surface area contributed by atoms with Crippen molar-refractivity contribution in [3.05, 3.63) is 47.0 Å². The summed E-state index contributed by atoms with van der Waals surface area (Å²) in [4.78, 5) is 16.4. The molecule has 21 heavy (non-hydrogen) atoms. The van der Waals surface area contributed by atoms with Gasteiger partial charge in [0.25, 0.3) is 0 Å². The van der Waals surface area contributed by atoms with Crippen LogP contribution in [0.15, 0.2) is 41.4 Å². The Hall–Kier alpha value is -1.69. The smallest absolute Gasteiger partial charge is 0.245 e. The number of carbonyl (C=O) groups excluding carboxylic acids is 1. The van der Waals surface area contributed by atoms with Crippen LogP contribution in [0.3, 0.4) is 0 Å². The van der Waals surface area contributed by atoms with Crippen molar-refractivity contribution in [2.24, 2.45) is 0 Å². The molecule has 110 valence electrons. The molecule has 1 N–H and O–H groups in total. The molecule has 5 nitrogen and oxygen atoms in total. The van der Waals surface area contributed by atoms with E-state index in [0.717, 1.165) is 29.3 Å². The van der Waals surface area contributed by atoms with E-state index in [4.69, 9.17) is 0 Å². The molecule has 1 saturated carbocycles. The van der Waals surface area contributed by atoms with Crippen LogP contribution in [0.2, 0.25) is 0 Å². The van der Waals surface area contributed by atoms with E-state index >= 15 is 0 Å². The zero-order chi connectivity index (χ0) is 14.9. The first-order valence-corrected chi connectivity index (χ1v) is 7.83. The van der Waals surface area contributed by atoms with Gasteiger partial charge in [0.1, 0.15) is 18.7 Å². The first-order chi connectivity index (χ1) is 10.1. The van der Waals surface area contributed by atoms with Crippen LogP contribution in [0.25, 0.3) is 0 Å². The van der Waals surface area contributed by atoms with Gasteiger partial charge in [-0.3, -0.25) is 4.79 Å². The number of benzene rings is 1. The molecular formula is C15H17BrN4O. The van der Waals surface area contributed by atoms with Crippen molar-refractivity contribution in [1.29, 1.82) is 0 Å². The number of hydrogen-bond acceptors (Lipinski definition) is 3. The molecule has 1 heterocycles. The fourth-order valence-corrected chi connectivity index (χ4v) is 3.38. The van der Waals surface area contributed by atoms with Crippen LogP contribution in [-0.2, 0) is 10.3 Å². The van der Waals surface area contributed by atoms with E-state index < -0.39 is 0 Å². The van der Waals surface area contributed by atoms with E-state index in [9.17, 15) is 4.79 Å². The van der Waals surface area contributed by atoms with Gasteiger partial charge in [0.2, 0.25) is 5.91 Å². The maximum absolute atomic E-state index is 12.5. The molecule has 0 bridgehead atoms. The van der Waals surface area contributed by atoms with E-state index in [0.29, 0.717) is 0 Å². The molecule has 1 aliphatic carbocycles. The second-order valence-electron chi connectivity index (χ2n) is 5.46. The van der Waals surface area contributed by atoms with Crippen molar-refractivity contribution >= 4 is 21.8 Å². The number of amides is 1. The maximum Gasteiger partial charge on any atom is 0.245 e. The molecule has 3 rings (SSSR count). The Labute approximate surface area is 131 Å². The average Bonchev–Trinajstić information content (AvgIpc) is 2.97. The van der Waals surface area contributed by atoms with E-state index in [1.165, 1.54) is 6.33 Å². The quantitative estimate of drug-likeness (QED) is 0.923. The highest BCUT2D eigenvalue weighted by atomic mass is 79.9. The van der Waals surface area contributed by atoms with Gasteiger partial charge in [0, 0.05) is 4.47 Å². The Morgan fingerprint density at radius 3 is 2.76 bits per heavy atom. The van der Waals surface area contributed by atoms with Crippen LogP contribution < -0.4 is 5.32 Å². The molecule has 1 aliphatic rings. The summed E-state index contributed by atoms with van der Waals surface area (Å²) in [6, 6.07) is 7.71. The Morgan fingerprint density at radius 1 is 1.43 bits per heavy atom. The van der Waals surface area contributed by atoms with E-state index in [2.05, 4.69) is 37.4 Å². The van der Waals surface area contributed by atoms with Crippen molar-refractivity contribution < 1.29 is 4.79 Å². The molecule has 1 atom stereocenters. The highest BCUT2D eigenvalue weighted by Crippen LogP contribution is 2.44. The fraction of sp³-hybridized carbons (Fsp3) is 0.400. The van der Waals surface area contributed by atoms with Gasteiger partial charge in [-0.05, 0) is 37.8 Å². The summed E-state index contributed by atoms with van der Waals surface area (Å²) in [7, 11) is 0. The third kappa shape index (κ3) is 2.60. The summed E-state index contributed by atoms with van der Waals surface area (Å²) >= 11 is 3.59. The summed E-state index contributed by atoms with van der Waals surface area (Å²) in [5.74, 6) is -0.0315. The van der Waals surface area contributed by atoms with Crippen molar-refractivity contribution in [2.75, 3.05) is 0 Å². The molecule has 0 saturated heterocycles. The van der Waals surface area contributed by atoms with Gasteiger partial charge < -0.3 is 5.32 Å². The third-order valence-corrected chi connectivity index (χ3v) is 4.86. The van der Waals surface area contributed by atoms with Gasteiger partial charge in [0.15, 0.2) is 0 Å². The molecular weight excluding hydrogens is 332 g/mol. The van der Waals surface area contributed by atoms with Crippen LogP contribution in [0, 0.1) is 0 Å². The summed E-state index contributed by atoms with van der Waals surface area (Å²) in [6.45, 7) is 1.83. The Kier molecular flexibility index (Phi) is 3.80. The lowest BCUT2D eigenvalue weighted by molar-refractivity contribution is -0.127. The summed E-state index contributed by atoms with van der Waals surface area (Å²) in [5.41, 5.74) is 0.891. The van der Waals surface area contributed by atoms with Crippen LogP contribution in [0.1, 0.15) is 37.8 Å². The fourth-order valence-electron chi connectivity index (χ4n) is 2.72. The molecule has 0 radical (unpaired) electrons. The standard InChI is InChI=1S/C15H17BrN4O/c1-11(20-10-17-9-18-20)14(21)19-15(7-4-8-15)12-5-2-3-6-13(12)16/h2-3,5-6,9-11H,4,7-8H2,1H3,(H,19,21). The highest BCUT2D eigenvalue weighted by molar-refractivity contribution is 9.10. The number of halogens is 1. The lowest BCUT2D eigenvalue weighted by Crippen LogP contribution is -2.52. The minimum Gasteiger partial charge on any atom is -0.345 e. The molecule has 0 aliphatic heterocycles. The molecule has 1 amide bonds. The van der Waals surface area contributed by atoms with E-state index in [-0.39, 0.29) is 17.5 Å². The zero-order valence-corrected chi connectivity index (χ0v) is 13.4. The number of nitrogens with one attached hydrogen (secondary N) is 1. The molecule has 1 fully saturated rings. The Bertz CT molecular complexity index is 637. The molecule has 2 aromatic rings.